The first-order valence-corrected chi connectivity index (χ1v) is 10.8. The van der Waals surface area contributed by atoms with Crippen LogP contribution in [0.2, 0.25) is 0 Å². The molecule has 0 aliphatic carbocycles. The number of carbonyl (C=O) groups is 2. The van der Waals surface area contributed by atoms with Gasteiger partial charge in [0.15, 0.2) is 5.84 Å². The topological polar surface area (TPSA) is 95.5 Å². The minimum atomic E-state index is -0.513. The fraction of sp³-hybridized carbons (Fsp3) is 0.550. The van der Waals surface area contributed by atoms with E-state index in [0.717, 1.165) is 22.3 Å². The number of hydrogen-bond acceptors (Lipinski definition) is 7. The average Bonchev–Trinajstić information content (AvgIpc) is 3.12. The Labute approximate surface area is 183 Å². The molecule has 9 nitrogen and oxygen atoms in total. The van der Waals surface area contributed by atoms with E-state index in [0.29, 0.717) is 31.3 Å². The first-order chi connectivity index (χ1) is 14.1. The van der Waals surface area contributed by atoms with Crippen molar-refractivity contribution in [1.29, 1.82) is 0 Å². The summed E-state index contributed by atoms with van der Waals surface area (Å²) in [5.41, 5.74) is 3.67. The molecule has 2 atom stereocenters. The summed E-state index contributed by atoms with van der Waals surface area (Å²) >= 11 is 3.61. The molecule has 10 heteroatoms. The van der Waals surface area contributed by atoms with Crippen molar-refractivity contribution < 1.29 is 19.1 Å². The Bertz CT molecular complexity index is 913. The lowest BCUT2D eigenvalue weighted by Gasteiger charge is -2.38. The molecule has 3 heterocycles. The van der Waals surface area contributed by atoms with Crippen LogP contribution in [0.4, 0.5) is 16.2 Å². The molecule has 30 heavy (non-hydrogen) atoms. The number of anilines is 2. The fourth-order valence-corrected chi connectivity index (χ4v) is 4.18. The molecule has 3 aliphatic rings. The maximum Gasteiger partial charge on any atom is 0.410 e. The Morgan fingerprint density at radius 2 is 2.17 bits per heavy atom. The van der Waals surface area contributed by atoms with Crippen LogP contribution in [0.15, 0.2) is 21.7 Å². The van der Waals surface area contributed by atoms with E-state index in [-0.39, 0.29) is 24.1 Å². The number of fused-ring (bicyclic) bond motifs is 3. The lowest BCUT2D eigenvalue weighted by Crippen LogP contribution is -2.55. The summed E-state index contributed by atoms with van der Waals surface area (Å²) in [4.78, 5) is 28.1. The molecule has 0 aromatic heterocycles. The van der Waals surface area contributed by atoms with E-state index in [1.165, 1.54) is 0 Å². The number of amidine groups is 1. The summed E-state index contributed by atoms with van der Waals surface area (Å²) in [6.07, 6.45) is 0.521. The number of nitrogens with one attached hydrogen (secondary N) is 2. The molecular weight excluding hydrogens is 454 g/mol. The molecule has 0 saturated carbocycles. The largest absolute Gasteiger partial charge is 0.483 e. The van der Waals surface area contributed by atoms with Crippen molar-refractivity contribution in [2.24, 2.45) is 5.10 Å². The Hall–Kier alpha value is -2.49. The number of benzene rings is 1. The van der Waals surface area contributed by atoms with E-state index in [2.05, 4.69) is 31.8 Å². The smallest absolute Gasteiger partial charge is 0.410 e. The average molecular weight is 480 g/mol. The van der Waals surface area contributed by atoms with Crippen molar-refractivity contribution in [3.63, 3.8) is 0 Å². The first-order valence-electron chi connectivity index (χ1n) is 9.99. The van der Waals surface area contributed by atoms with E-state index < -0.39 is 5.60 Å². The summed E-state index contributed by atoms with van der Waals surface area (Å²) in [6.45, 7) is 8.92. The highest BCUT2D eigenvalue weighted by atomic mass is 79.9. The van der Waals surface area contributed by atoms with Crippen LogP contribution in [0.25, 0.3) is 0 Å². The summed E-state index contributed by atoms with van der Waals surface area (Å²) < 4.78 is 12.2. The molecule has 4 rings (SSSR count). The van der Waals surface area contributed by atoms with E-state index in [1.54, 1.807) is 4.90 Å². The lowest BCUT2D eigenvalue weighted by atomic mass is 10.1. The number of ether oxygens (including phenoxy) is 2. The maximum absolute atomic E-state index is 12.3. The fourth-order valence-electron chi connectivity index (χ4n) is 3.75. The van der Waals surface area contributed by atoms with Crippen LogP contribution in [0.5, 0.6) is 5.75 Å². The minimum Gasteiger partial charge on any atom is -0.483 e. The van der Waals surface area contributed by atoms with Gasteiger partial charge in [-0.15, -0.1) is 0 Å². The van der Waals surface area contributed by atoms with Crippen molar-refractivity contribution in [2.45, 2.75) is 51.8 Å². The monoisotopic (exact) mass is 479 g/mol. The van der Waals surface area contributed by atoms with Gasteiger partial charge in [0.25, 0.3) is 5.91 Å². The Balaban J connectivity index is 1.51. The van der Waals surface area contributed by atoms with E-state index in [9.17, 15) is 9.59 Å². The lowest BCUT2D eigenvalue weighted by molar-refractivity contribution is -0.122. The zero-order valence-corrected chi connectivity index (χ0v) is 19.1. The highest BCUT2D eigenvalue weighted by molar-refractivity contribution is 9.10. The molecule has 1 aromatic carbocycles. The molecule has 0 spiro atoms. The molecule has 1 fully saturated rings. The van der Waals surface area contributed by atoms with Crippen LogP contribution in [0.3, 0.4) is 0 Å². The second kappa shape index (κ2) is 7.64. The van der Waals surface area contributed by atoms with Crippen LogP contribution < -0.4 is 20.4 Å². The van der Waals surface area contributed by atoms with E-state index in [4.69, 9.17) is 9.47 Å². The van der Waals surface area contributed by atoms with Crippen molar-refractivity contribution in [1.82, 2.24) is 10.3 Å². The Morgan fingerprint density at radius 1 is 1.40 bits per heavy atom. The first kappa shape index (κ1) is 20.8. The third-order valence-electron chi connectivity index (χ3n) is 5.20. The van der Waals surface area contributed by atoms with Gasteiger partial charge in [-0.05, 0) is 62.2 Å². The number of halogens is 1. The highest BCUT2D eigenvalue weighted by Gasteiger charge is 2.36. The molecular formula is C20H26BrN5O4. The van der Waals surface area contributed by atoms with Crippen molar-refractivity contribution in [3.05, 3.63) is 16.6 Å². The number of likely N-dealkylation sites (tertiary alicyclic amines) is 1. The molecule has 1 aromatic rings. The number of amides is 2. The minimum absolute atomic E-state index is 0.0894. The molecule has 3 aliphatic heterocycles. The summed E-state index contributed by atoms with van der Waals surface area (Å²) in [7, 11) is 0. The quantitative estimate of drug-likeness (QED) is 0.676. The number of nitrogens with zero attached hydrogens (tertiary/aromatic N) is 3. The maximum atomic E-state index is 12.3. The van der Waals surface area contributed by atoms with Crippen LogP contribution in [-0.2, 0) is 9.53 Å². The van der Waals surface area contributed by atoms with Crippen molar-refractivity contribution in [3.8, 4) is 5.75 Å². The van der Waals surface area contributed by atoms with Crippen molar-refractivity contribution in [2.75, 3.05) is 29.9 Å². The molecule has 2 N–H and O–H groups in total. The normalized spacial score (nSPS) is 23.1. The summed E-state index contributed by atoms with van der Waals surface area (Å²) in [5, 5.41) is 7.63. The van der Waals surface area contributed by atoms with Gasteiger partial charge in [0.05, 0.1) is 11.4 Å². The second-order valence-corrected chi connectivity index (χ2v) is 9.55. The summed E-state index contributed by atoms with van der Waals surface area (Å²) in [6, 6.07) is 3.56. The highest BCUT2D eigenvalue weighted by Crippen LogP contribution is 2.41. The van der Waals surface area contributed by atoms with Crippen LogP contribution in [-0.4, -0.2) is 60.1 Å². The van der Waals surface area contributed by atoms with Gasteiger partial charge < -0.3 is 24.6 Å². The van der Waals surface area contributed by atoms with Gasteiger partial charge >= 0.3 is 6.09 Å². The van der Waals surface area contributed by atoms with E-state index >= 15 is 0 Å². The predicted octanol–water partition coefficient (Wildman–Crippen LogP) is 2.90. The Kier molecular flexibility index (Phi) is 5.29. The van der Waals surface area contributed by atoms with E-state index in [1.807, 2.05) is 44.7 Å². The van der Waals surface area contributed by atoms with Gasteiger partial charge in [0.2, 0.25) is 0 Å². The van der Waals surface area contributed by atoms with Crippen molar-refractivity contribution >= 4 is 45.1 Å². The zero-order valence-electron chi connectivity index (χ0n) is 17.5. The number of rotatable bonds is 2. The van der Waals surface area contributed by atoms with Gasteiger partial charge in [0, 0.05) is 23.6 Å². The molecule has 2 amide bonds. The van der Waals surface area contributed by atoms with Gasteiger partial charge in [-0.2, -0.15) is 5.10 Å². The third kappa shape index (κ3) is 4.05. The second-order valence-electron chi connectivity index (χ2n) is 8.69. The van der Waals surface area contributed by atoms with Gasteiger partial charge in [0.1, 0.15) is 24.0 Å². The van der Waals surface area contributed by atoms with Gasteiger partial charge in [-0.1, -0.05) is 0 Å². The molecule has 0 bridgehead atoms. The molecule has 0 unspecified atom stereocenters. The van der Waals surface area contributed by atoms with Crippen LogP contribution in [0.1, 0.15) is 34.1 Å². The Morgan fingerprint density at radius 3 is 2.90 bits per heavy atom. The van der Waals surface area contributed by atoms with Crippen LogP contribution >= 0.6 is 15.9 Å². The summed E-state index contributed by atoms with van der Waals surface area (Å²) in [5.74, 6) is 1.20. The number of hydrogen-bond donors (Lipinski definition) is 2. The standard InChI is InChI=1S/C20H26BrN5O4/c1-11-18(27)24-23-17-10-29-16-7-13(21)14(8-15(16)26(11)17)22-12-5-6-25(9-12)19(28)30-20(2,3)4/h7-8,11-12,22H,5-6,9-10H2,1-4H3,(H,24,27)/t11-,12+/m1/s1. The molecule has 1 saturated heterocycles. The zero-order chi connectivity index (χ0) is 21.6. The number of hydrazone groups is 1. The van der Waals surface area contributed by atoms with Gasteiger partial charge in [-0.25, -0.2) is 10.2 Å². The molecule has 0 radical (unpaired) electrons. The number of carbonyl (C=O) groups excluding carboxylic acids is 2. The third-order valence-corrected chi connectivity index (χ3v) is 5.86. The van der Waals surface area contributed by atoms with Crippen LogP contribution in [0, 0.1) is 0 Å². The van der Waals surface area contributed by atoms with Gasteiger partial charge in [-0.3, -0.25) is 4.79 Å². The molecule has 162 valence electrons. The predicted molar refractivity (Wildman–Crippen MR) is 117 cm³/mol. The SMILES string of the molecule is C[C@@H]1C(=O)NN=C2COc3cc(Br)c(N[C@H]4CCN(C(=O)OC(C)(C)C)C4)cc3N21.